The lowest BCUT2D eigenvalue weighted by molar-refractivity contribution is -0.145. The van der Waals surface area contributed by atoms with Crippen LogP contribution < -0.4 is 5.32 Å². The normalized spacial score (nSPS) is 23.4. The van der Waals surface area contributed by atoms with Crippen molar-refractivity contribution in [3.8, 4) is 0 Å². The summed E-state index contributed by atoms with van der Waals surface area (Å²) in [5, 5.41) is 2.81. The molecule has 1 saturated carbocycles. The molecule has 0 aromatic carbocycles. The molecular formula is C18H27F3N4O3. The summed E-state index contributed by atoms with van der Waals surface area (Å²) in [6.45, 7) is 0.435. The van der Waals surface area contributed by atoms with Crippen LogP contribution in [0.3, 0.4) is 0 Å². The fourth-order valence-electron chi connectivity index (χ4n) is 4.38. The number of urea groups is 1. The summed E-state index contributed by atoms with van der Waals surface area (Å²) in [7, 11) is 0. The van der Waals surface area contributed by atoms with Gasteiger partial charge in [-0.15, -0.1) is 0 Å². The maximum Gasteiger partial charge on any atom is 0.401 e. The number of hydrogen-bond donors (Lipinski definition) is 1. The van der Waals surface area contributed by atoms with Crippen molar-refractivity contribution in [1.29, 1.82) is 0 Å². The van der Waals surface area contributed by atoms with Gasteiger partial charge in [0.25, 0.3) is 5.91 Å². The lowest BCUT2D eigenvalue weighted by atomic mass is 9.98. The average molecular weight is 404 g/mol. The van der Waals surface area contributed by atoms with E-state index in [4.69, 9.17) is 0 Å². The number of halogens is 3. The molecule has 158 valence electrons. The number of rotatable bonds is 5. The maximum absolute atomic E-state index is 12.6. The average Bonchev–Trinajstić information content (AvgIpc) is 3.07. The van der Waals surface area contributed by atoms with Gasteiger partial charge < -0.3 is 10.2 Å². The molecule has 3 fully saturated rings. The SMILES string of the molecule is O=C(CCCN1C(=O)NC2(CCCC2)C1=O)N1CCCN(CC(F)(F)F)CC1. The monoisotopic (exact) mass is 404 g/mol. The van der Waals surface area contributed by atoms with Crippen LogP contribution in [0.4, 0.5) is 18.0 Å². The van der Waals surface area contributed by atoms with Gasteiger partial charge in [-0.3, -0.25) is 19.4 Å². The van der Waals surface area contributed by atoms with Crippen LogP contribution in [-0.4, -0.2) is 83.5 Å². The van der Waals surface area contributed by atoms with Crippen LogP contribution in [0, 0.1) is 0 Å². The highest BCUT2D eigenvalue weighted by atomic mass is 19.4. The summed E-state index contributed by atoms with van der Waals surface area (Å²) in [5.41, 5.74) is -0.742. The van der Waals surface area contributed by atoms with E-state index in [2.05, 4.69) is 5.32 Å². The fraction of sp³-hybridized carbons (Fsp3) is 0.833. The first-order valence-corrected chi connectivity index (χ1v) is 9.91. The van der Waals surface area contributed by atoms with E-state index in [1.54, 1.807) is 4.90 Å². The smallest absolute Gasteiger partial charge is 0.341 e. The van der Waals surface area contributed by atoms with E-state index < -0.39 is 24.3 Å². The van der Waals surface area contributed by atoms with Gasteiger partial charge in [0.15, 0.2) is 0 Å². The van der Waals surface area contributed by atoms with Crippen LogP contribution in [0.5, 0.6) is 0 Å². The molecule has 1 spiro atoms. The summed E-state index contributed by atoms with van der Waals surface area (Å²) in [4.78, 5) is 41.2. The molecule has 0 unspecified atom stereocenters. The van der Waals surface area contributed by atoms with Crippen molar-refractivity contribution in [2.24, 2.45) is 0 Å². The molecule has 4 amide bonds. The van der Waals surface area contributed by atoms with Crippen LogP contribution >= 0.6 is 0 Å². The Morgan fingerprint density at radius 2 is 1.75 bits per heavy atom. The first-order chi connectivity index (χ1) is 13.2. The van der Waals surface area contributed by atoms with E-state index in [-0.39, 0.29) is 37.9 Å². The molecule has 1 aliphatic carbocycles. The lowest BCUT2D eigenvalue weighted by Crippen LogP contribution is -2.44. The third-order valence-corrected chi connectivity index (χ3v) is 5.82. The zero-order valence-electron chi connectivity index (χ0n) is 15.9. The Hall–Kier alpha value is -1.84. The summed E-state index contributed by atoms with van der Waals surface area (Å²) in [6, 6.07) is -0.392. The second-order valence-electron chi connectivity index (χ2n) is 7.91. The second kappa shape index (κ2) is 8.26. The molecule has 3 rings (SSSR count). The quantitative estimate of drug-likeness (QED) is 0.709. The standard InChI is InChI=1S/C18H27F3N4O3/c19-18(20,21)13-23-8-4-9-24(12-11-23)14(26)5-3-10-25-15(27)17(22-16(25)28)6-1-2-7-17/h1-13H2,(H,22,28). The Morgan fingerprint density at radius 1 is 1.04 bits per heavy atom. The predicted molar refractivity (Wildman–Crippen MR) is 94.4 cm³/mol. The molecule has 0 radical (unpaired) electrons. The molecule has 10 heteroatoms. The van der Waals surface area contributed by atoms with Crippen molar-refractivity contribution in [1.82, 2.24) is 20.0 Å². The van der Waals surface area contributed by atoms with Gasteiger partial charge >= 0.3 is 12.2 Å². The molecule has 7 nitrogen and oxygen atoms in total. The van der Waals surface area contributed by atoms with Crippen LogP contribution in [0.2, 0.25) is 0 Å². The Balaban J connectivity index is 1.43. The van der Waals surface area contributed by atoms with Crippen LogP contribution in [0.1, 0.15) is 44.9 Å². The van der Waals surface area contributed by atoms with E-state index in [9.17, 15) is 27.6 Å². The third-order valence-electron chi connectivity index (χ3n) is 5.82. The van der Waals surface area contributed by atoms with Crippen molar-refractivity contribution < 1.29 is 27.6 Å². The van der Waals surface area contributed by atoms with E-state index in [1.807, 2.05) is 0 Å². The van der Waals surface area contributed by atoms with E-state index >= 15 is 0 Å². The molecule has 2 heterocycles. The van der Waals surface area contributed by atoms with Gasteiger partial charge in [-0.25, -0.2) is 4.79 Å². The van der Waals surface area contributed by atoms with Crippen molar-refractivity contribution >= 4 is 17.8 Å². The summed E-state index contributed by atoms with van der Waals surface area (Å²) >= 11 is 0. The molecule has 0 aromatic heterocycles. The van der Waals surface area contributed by atoms with Gasteiger partial charge in [-0.2, -0.15) is 13.2 Å². The number of amides is 4. The van der Waals surface area contributed by atoms with Crippen LogP contribution in [0.15, 0.2) is 0 Å². The molecule has 2 aliphatic heterocycles. The van der Waals surface area contributed by atoms with Gasteiger partial charge in [0.05, 0.1) is 6.54 Å². The van der Waals surface area contributed by atoms with Crippen molar-refractivity contribution in [2.75, 3.05) is 39.3 Å². The molecule has 1 N–H and O–H groups in total. The Morgan fingerprint density at radius 3 is 2.43 bits per heavy atom. The van der Waals surface area contributed by atoms with Gasteiger partial charge in [-0.1, -0.05) is 12.8 Å². The molecular weight excluding hydrogens is 377 g/mol. The van der Waals surface area contributed by atoms with Crippen molar-refractivity contribution in [3.63, 3.8) is 0 Å². The number of imide groups is 1. The molecule has 2 saturated heterocycles. The highest BCUT2D eigenvalue weighted by Gasteiger charge is 2.52. The first-order valence-electron chi connectivity index (χ1n) is 9.91. The third kappa shape index (κ3) is 4.76. The topological polar surface area (TPSA) is 73.0 Å². The minimum atomic E-state index is -4.24. The minimum Gasteiger partial charge on any atom is -0.341 e. The lowest BCUT2D eigenvalue weighted by Gasteiger charge is -2.23. The number of nitrogens with zero attached hydrogens (tertiary/aromatic N) is 3. The van der Waals surface area contributed by atoms with Crippen molar-refractivity contribution in [3.05, 3.63) is 0 Å². The molecule has 0 bridgehead atoms. The van der Waals surface area contributed by atoms with Gasteiger partial charge in [0.1, 0.15) is 5.54 Å². The molecule has 3 aliphatic rings. The second-order valence-corrected chi connectivity index (χ2v) is 7.91. The number of alkyl halides is 3. The van der Waals surface area contributed by atoms with Gasteiger partial charge in [0.2, 0.25) is 5.91 Å². The number of carbonyl (C=O) groups excluding carboxylic acids is 3. The fourth-order valence-corrected chi connectivity index (χ4v) is 4.38. The van der Waals surface area contributed by atoms with Gasteiger partial charge in [0, 0.05) is 39.1 Å². The van der Waals surface area contributed by atoms with Crippen LogP contribution in [0.25, 0.3) is 0 Å². The van der Waals surface area contributed by atoms with Crippen molar-refractivity contribution in [2.45, 2.75) is 56.7 Å². The zero-order valence-corrected chi connectivity index (χ0v) is 15.9. The van der Waals surface area contributed by atoms with E-state index in [0.717, 1.165) is 12.8 Å². The summed E-state index contributed by atoms with van der Waals surface area (Å²) in [5.74, 6) is -0.337. The largest absolute Gasteiger partial charge is 0.401 e. The number of nitrogens with one attached hydrogen (secondary N) is 1. The van der Waals surface area contributed by atoms with E-state index in [1.165, 1.54) is 9.80 Å². The van der Waals surface area contributed by atoms with Gasteiger partial charge in [-0.05, 0) is 25.7 Å². The number of carbonyl (C=O) groups is 3. The predicted octanol–water partition coefficient (Wildman–Crippen LogP) is 1.73. The molecule has 0 atom stereocenters. The Labute approximate surface area is 162 Å². The van der Waals surface area contributed by atoms with E-state index in [0.29, 0.717) is 38.8 Å². The number of hydrogen-bond acceptors (Lipinski definition) is 4. The van der Waals surface area contributed by atoms with Crippen LogP contribution in [-0.2, 0) is 9.59 Å². The highest BCUT2D eigenvalue weighted by molar-refractivity contribution is 6.07. The first kappa shape index (κ1) is 20.9. The highest BCUT2D eigenvalue weighted by Crippen LogP contribution is 2.35. The Kier molecular flexibility index (Phi) is 6.16. The Bertz CT molecular complexity index is 620. The summed E-state index contributed by atoms with van der Waals surface area (Å²) in [6.07, 6.45) is -0.0576. The molecule has 28 heavy (non-hydrogen) atoms. The molecule has 0 aromatic rings. The minimum absolute atomic E-state index is 0.142. The zero-order chi connectivity index (χ0) is 20.4. The maximum atomic E-state index is 12.6. The summed E-state index contributed by atoms with van der Waals surface area (Å²) < 4.78 is 37.6.